The molecule has 0 N–H and O–H groups in total. The number of Topliss-reactive ketones (excluding diaryl/α,β-unsaturated/α-hetero) is 1. The number of carbonyl (C=O) groups is 1. The van der Waals surface area contributed by atoms with E-state index in [-0.39, 0.29) is 34.0 Å². The highest BCUT2D eigenvalue weighted by atomic mass is 32.2. The van der Waals surface area contributed by atoms with Crippen LogP contribution in [0.5, 0.6) is 0 Å². The number of hydrogen-bond donors (Lipinski definition) is 0. The molecule has 1 aromatic heterocycles. The Morgan fingerprint density at radius 3 is 2.57 bits per heavy atom. The average Bonchev–Trinajstić information content (AvgIpc) is 3.02. The van der Waals surface area contributed by atoms with Gasteiger partial charge in [-0.1, -0.05) is 23.9 Å². The van der Waals surface area contributed by atoms with Crippen LogP contribution in [0.25, 0.3) is 11.5 Å². The van der Waals surface area contributed by atoms with E-state index in [2.05, 4.69) is 10.2 Å². The van der Waals surface area contributed by atoms with E-state index >= 15 is 0 Å². The van der Waals surface area contributed by atoms with Crippen molar-refractivity contribution in [3.8, 4) is 11.5 Å². The Kier molecular flexibility index (Phi) is 4.47. The molecule has 0 amide bonds. The quantitative estimate of drug-likeness (QED) is 0.522. The summed E-state index contributed by atoms with van der Waals surface area (Å²) >= 11 is 1.06. The molecular formula is C16H10F2N2O2S. The maximum absolute atomic E-state index is 13.1. The Labute approximate surface area is 134 Å². The highest BCUT2D eigenvalue weighted by Crippen LogP contribution is 2.24. The fourth-order valence-electron chi connectivity index (χ4n) is 1.85. The van der Waals surface area contributed by atoms with Crippen molar-refractivity contribution in [2.75, 3.05) is 5.75 Å². The molecule has 0 aliphatic carbocycles. The smallest absolute Gasteiger partial charge is 0.277 e. The number of ketones is 1. The summed E-state index contributed by atoms with van der Waals surface area (Å²) < 4.78 is 31.4. The van der Waals surface area contributed by atoms with Gasteiger partial charge in [0.1, 0.15) is 11.6 Å². The Morgan fingerprint density at radius 2 is 1.83 bits per heavy atom. The van der Waals surface area contributed by atoms with Gasteiger partial charge in [0.25, 0.3) is 5.22 Å². The minimum Gasteiger partial charge on any atom is -0.411 e. The molecular weight excluding hydrogens is 322 g/mol. The summed E-state index contributed by atoms with van der Waals surface area (Å²) in [5.74, 6) is -0.767. The van der Waals surface area contributed by atoms with Crippen LogP contribution in [0, 0.1) is 11.6 Å². The minimum absolute atomic E-state index is 0.0501. The number of halogens is 2. The van der Waals surface area contributed by atoms with E-state index in [1.165, 1.54) is 42.5 Å². The van der Waals surface area contributed by atoms with Crippen molar-refractivity contribution in [2.45, 2.75) is 5.22 Å². The monoisotopic (exact) mass is 332 g/mol. The van der Waals surface area contributed by atoms with E-state index in [0.29, 0.717) is 5.56 Å². The van der Waals surface area contributed by atoms with Crippen LogP contribution in [-0.2, 0) is 0 Å². The lowest BCUT2D eigenvalue weighted by Crippen LogP contribution is -2.02. The third-order valence-corrected chi connectivity index (χ3v) is 3.79. The fraction of sp³-hybridized carbons (Fsp3) is 0.0625. The van der Waals surface area contributed by atoms with Gasteiger partial charge in [-0.3, -0.25) is 4.79 Å². The topological polar surface area (TPSA) is 56.0 Å². The third kappa shape index (κ3) is 3.81. The van der Waals surface area contributed by atoms with Crippen LogP contribution in [0.4, 0.5) is 8.78 Å². The summed E-state index contributed by atoms with van der Waals surface area (Å²) in [6, 6.07) is 11.1. The van der Waals surface area contributed by atoms with Crippen molar-refractivity contribution in [2.24, 2.45) is 0 Å². The Bertz CT molecular complexity index is 834. The molecule has 0 aliphatic heterocycles. The number of rotatable bonds is 5. The molecule has 0 fully saturated rings. The molecule has 2 aromatic carbocycles. The molecule has 0 unspecified atom stereocenters. The van der Waals surface area contributed by atoms with E-state index < -0.39 is 5.82 Å². The maximum Gasteiger partial charge on any atom is 0.277 e. The van der Waals surface area contributed by atoms with Crippen molar-refractivity contribution in [1.29, 1.82) is 0 Å². The van der Waals surface area contributed by atoms with Gasteiger partial charge in [0, 0.05) is 11.1 Å². The molecule has 0 saturated carbocycles. The number of aromatic nitrogens is 2. The molecule has 3 rings (SSSR count). The molecule has 0 saturated heterocycles. The Hall–Kier alpha value is -2.54. The summed E-state index contributed by atoms with van der Waals surface area (Å²) in [6.07, 6.45) is 0. The maximum atomic E-state index is 13.1. The first kappa shape index (κ1) is 15.4. The first-order valence-corrected chi connectivity index (χ1v) is 7.61. The van der Waals surface area contributed by atoms with Gasteiger partial charge in [0.2, 0.25) is 5.89 Å². The molecule has 23 heavy (non-hydrogen) atoms. The predicted molar refractivity (Wildman–Crippen MR) is 81.1 cm³/mol. The third-order valence-electron chi connectivity index (χ3n) is 2.97. The van der Waals surface area contributed by atoms with Gasteiger partial charge in [0.05, 0.1) is 5.75 Å². The highest BCUT2D eigenvalue weighted by Gasteiger charge is 2.13. The van der Waals surface area contributed by atoms with E-state index in [9.17, 15) is 13.6 Å². The van der Waals surface area contributed by atoms with Gasteiger partial charge >= 0.3 is 0 Å². The normalized spacial score (nSPS) is 10.7. The summed E-state index contributed by atoms with van der Waals surface area (Å²) in [6.45, 7) is 0. The average molecular weight is 332 g/mol. The zero-order valence-corrected chi connectivity index (χ0v) is 12.5. The molecule has 0 aliphatic rings. The second-order valence-corrected chi connectivity index (χ2v) is 5.53. The summed E-state index contributed by atoms with van der Waals surface area (Å²) in [4.78, 5) is 12.0. The lowest BCUT2D eigenvalue weighted by atomic mass is 10.1. The number of benzene rings is 2. The van der Waals surface area contributed by atoms with Crippen molar-refractivity contribution >= 4 is 17.5 Å². The van der Waals surface area contributed by atoms with Gasteiger partial charge in [-0.25, -0.2) is 8.78 Å². The molecule has 116 valence electrons. The van der Waals surface area contributed by atoms with Gasteiger partial charge in [-0.05, 0) is 36.4 Å². The lowest BCUT2D eigenvalue weighted by molar-refractivity contribution is 0.102. The second kappa shape index (κ2) is 6.70. The van der Waals surface area contributed by atoms with Crippen molar-refractivity contribution in [3.63, 3.8) is 0 Å². The molecule has 0 atom stereocenters. The SMILES string of the molecule is O=C(CSc1nnc(-c2ccc(F)cc2)o1)c1cccc(F)c1. The van der Waals surface area contributed by atoms with Crippen LogP contribution in [0.2, 0.25) is 0 Å². The van der Waals surface area contributed by atoms with Gasteiger partial charge < -0.3 is 4.42 Å². The number of nitrogens with zero attached hydrogens (tertiary/aromatic N) is 2. The molecule has 7 heteroatoms. The zero-order valence-electron chi connectivity index (χ0n) is 11.7. The van der Waals surface area contributed by atoms with Crippen LogP contribution in [0.15, 0.2) is 58.2 Å². The van der Waals surface area contributed by atoms with E-state index in [0.717, 1.165) is 11.8 Å². The predicted octanol–water partition coefficient (Wildman–Crippen LogP) is 3.99. The van der Waals surface area contributed by atoms with Crippen LogP contribution in [0.1, 0.15) is 10.4 Å². The number of thioether (sulfide) groups is 1. The van der Waals surface area contributed by atoms with Crippen molar-refractivity contribution in [3.05, 3.63) is 65.7 Å². The van der Waals surface area contributed by atoms with E-state index in [1.807, 2.05) is 0 Å². The van der Waals surface area contributed by atoms with Crippen molar-refractivity contribution in [1.82, 2.24) is 10.2 Å². The summed E-state index contributed by atoms with van der Waals surface area (Å²) in [5.41, 5.74) is 0.873. The Morgan fingerprint density at radius 1 is 1.04 bits per heavy atom. The number of hydrogen-bond acceptors (Lipinski definition) is 5. The molecule has 4 nitrogen and oxygen atoms in total. The van der Waals surface area contributed by atoms with Crippen LogP contribution in [-0.4, -0.2) is 21.7 Å². The Balaban J connectivity index is 1.65. The molecule has 3 aromatic rings. The number of carbonyl (C=O) groups excluding carboxylic acids is 1. The largest absolute Gasteiger partial charge is 0.411 e. The zero-order chi connectivity index (χ0) is 16.2. The van der Waals surface area contributed by atoms with Crippen LogP contribution in [0.3, 0.4) is 0 Å². The van der Waals surface area contributed by atoms with E-state index in [4.69, 9.17) is 4.42 Å². The van der Waals surface area contributed by atoms with Crippen molar-refractivity contribution < 1.29 is 18.0 Å². The first-order valence-electron chi connectivity index (χ1n) is 6.63. The molecule has 1 heterocycles. The first-order chi connectivity index (χ1) is 11.1. The van der Waals surface area contributed by atoms with Crippen LogP contribution >= 0.6 is 11.8 Å². The molecule has 0 bridgehead atoms. The standard InChI is InChI=1S/C16H10F2N2O2S/c17-12-6-4-10(5-7-12)15-19-20-16(22-15)23-9-14(21)11-2-1-3-13(18)8-11/h1-8H,9H2. The molecule has 0 spiro atoms. The van der Waals surface area contributed by atoms with Gasteiger partial charge in [0.15, 0.2) is 5.78 Å². The summed E-state index contributed by atoms with van der Waals surface area (Å²) in [7, 11) is 0. The van der Waals surface area contributed by atoms with Crippen LogP contribution < -0.4 is 0 Å². The molecule has 0 radical (unpaired) electrons. The van der Waals surface area contributed by atoms with Gasteiger partial charge in [-0.15, -0.1) is 10.2 Å². The highest BCUT2D eigenvalue weighted by molar-refractivity contribution is 7.99. The van der Waals surface area contributed by atoms with E-state index in [1.54, 1.807) is 6.07 Å². The lowest BCUT2D eigenvalue weighted by Gasteiger charge is -1.98. The summed E-state index contributed by atoms with van der Waals surface area (Å²) in [5, 5.41) is 7.89. The minimum atomic E-state index is -0.461. The fourth-order valence-corrected chi connectivity index (χ4v) is 2.51. The second-order valence-electron chi connectivity index (χ2n) is 4.60. The van der Waals surface area contributed by atoms with Gasteiger partial charge in [-0.2, -0.15) is 0 Å².